The normalized spacial score (nSPS) is 11.9. The zero-order valence-electron chi connectivity index (χ0n) is 11.6. The fourth-order valence-corrected chi connectivity index (χ4v) is 1.82. The first-order valence-corrected chi connectivity index (χ1v) is 6.70. The van der Waals surface area contributed by atoms with E-state index in [0.717, 1.165) is 17.7 Å². The van der Waals surface area contributed by atoms with Gasteiger partial charge < -0.3 is 14.6 Å². The van der Waals surface area contributed by atoms with Crippen molar-refractivity contribution < 1.29 is 19.4 Å². The van der Waals surface area contributed by atoms with Crippen LogP contribution in [0, 0.1) is 5.92 Å². The third-order valence-corrected chi connectivity index (χ3v) is 2.88. The molecule has 0 bridgehead atoms. The lowest BCUT2D eigenvalue weighted by Gasteiger charge is -2.13. The largest absolute Gasteiger partial charge is 0.491 e. The van der Waals surface area contributed by atoms with Crippen molar-refractivity contribution >= 4 is 5.97 Å². The molecular weight excluding hydrogens is 244 g/mol. The zero-order chi connectivity index (χ0) is 14.1. The number of benzene rings is 1. The van der Waals surface area contributed by atoms with E-state index in [2.05, 4.69) is 0 Å². The van der Waals surface area contributed by atoms with Crippen molar-refractivity contribution in [2.45, 2.75) is 26.7 Å². The van der Waals surface area contributed by atoms with E-state index in [1.807, 2.05) is 38.1 Å². The van der Waals surface area contributed by atoms with Crippen molar-refractivity contribution in [3.05, 3.63) is 29.8 Å². The molecule has 0 aliphatic carbocycles. The van der Waals surface area contributed by atoms with Gasteiger partial charge in [-0.3, -0.25) is 4.79 Å². The number of hydrogen-bond acceptors (Lipinski definition) is 4. The molecule has 1 unspecified atom stereocenters. The summed E-state index contributed by atoms with van der Waals surface area (Å²) in [7, 11) is 0. The molecule has 0 saturated heterocycles. The number of ether oxygens (including phenoxy) is 2. The van der Waals surface area contributed by atoms with Crippen molar-refractivity contribution in [3.8, 4) is 5.75 Å². The minimum absolute atomic E-state index is 0.00250. The maximum absolute atomic E-state index is 11.7. The predicted molar refractivity (Wildman–Crippen MR) is 73.1 cm³/mol. The molecule has 0 saturated carbocycles. The second-order valence-corrected chi connectivity index (χ2v) is 4.28. The average Bonchev–Trinajstić information content (AvgIpc) is 2.44. The summed E-state index contributed by atoms with van der Waals surface area (Å²) < 4.78 is 10.3. The van der Waals surface area contributed by atoms with E-state index < -0.39 is 0 Å². The van der Waals surface area contributed by atoms with Crippen LogP contribution >= 0.6 is 0 Å². The maximum atomic E-state index is 11.7. The molecule has 0 fully saturated rings. The SMILES string of the molecule is CCOC(=O)C(CC)Cc1ccc(OCCO)cc1. The summed E-state index contributed by atoms with van der Waals surface area (Å²) in [5, 5.41) is 8.67. The number of esters is 1. The van der Waals surface area contributed by atoms with Gasteiger partial charge in [0.15, 0.2) is 0 Å². The second-order valence-electron chi connectivity index (χ2n) is 4.28. The minimum atomic E-state index is -0.134. The van der Waals surface area contributed by atoms with Crippen LogP contribution in [0.4, 0.5) is 0 Å². The van der Waals surface area contributed by atoms with Gasteiger partial charge in [-0.1, -0.05) is 19.1 Å². The highest BCUT2D eigenvalue weighted by Crippen LogP contribution is 2.17. The van der Waals surface area contributed by atoms with E-state index >= 15 is 0 Å². The Morgan fingerprint density at radius 1 is 1.26 bits per heavy atom. The third-order valence-electron chi connectivity index (χ3n) is 2.88. The Bertz CT molecular complexity index is 372. The standard InChI is InChI=1S/C15H22O4/c1-3-13(15(17)18-4-2)11-12-5-7-14(8-6-12)19-10-9-16/h5-8,13,16H,3-4,9-11H2,1-2H3. The molecule has 4 heteroatoms. The summed E-state index contributed by atoms with van der Waals surface area (Å²) in [5.74, 6) is 0.497. The van der Waals surface area contributed by atoms with Gasteiger partial charge in [-0.25, -0.2) is 0 Å². The van der Waals surface area contributed by atoms with Gasteiger partial charge in [-0.2, -0.15) is 0 Å². The van der Waals surface area contributed by atoms with Gasteiger partial charge >= 0.3 is 5.97 Å². The number of aliphatic hydroxyl groups is 1. The number of rotatable bonds is 8. The van der Waals surface area contributed by atoms with Crippen LogP contribution in [-0.2, 0) is 16.0 Å². The van der Waals surface area contributed by atoms with Gasteiger partial charge in [0.1, 0.15) is 12.4 Å². The number of carbonyl (C=O) groups is 1. The molecule has 0 radical (unpaired) electrons. The van der Waals surface area contributed by atoms with Crippen molar-refractivity contribution in [1.29, 1.82) is 0 Å². The van der Waals surface area contributed by atoms with Crippen molar-refractivity contribution in [3.63, 3.8) is 0 Å². The number of hydrogen-bond donors (Lipinski definition) is 1. The van der Waals surface area contributed by atoms with E-state index in [1.54, 1.807) is 0 Å². The molecule has 106 valence electrons. The van der Waals surface area contributed by atoms with Crippen LogP contribution in [0.1, 0.15) is 25.8 Å². The molecule has 1 aromatic carbocycles. The summed E-state index contributed by atoms with van der Waals surface area (Å²) in [5.41, 5.74) is 1.08. The molecule has 0 heterocycles. The van der Waals surface area contributed by atoms with Crippen molar-refractivity contribution in [2.75, 3.05) is 19.8 Å². The van der Waals surface area contributed by atoms with E-state index in [1.165, 1.54) is 0 Å². The van der Waals surface area contributed by atoms with Crippen LogP contribution in [-0.4, -0.2) is 30.9 Å². The molecule has 0 amide bonds. The summed E-state index contributed by atoms with van der Waals surface area (Å²) in [6.45, 7) is 4.52. The molecule has 0 spiro atoms. The van der Waals surface area contributed by atoms with Gasteiger partial charge in [-0.15, -0.1) is 0 Å². The average molecular weight is 266 g/mol. The smallest absolute Gasteiger partial charge is 0.309 e. The molecule has 4 nitrogen and oxygen atoms in total. The van der Waals surface area contributed by atoms with E-state index in [9.17, 15) is 4.79 Å². The van der Waals surface area contributed by atoms with Gasteiger partial charge in [0.2, 0.25) is 0 Å². The highest BCUT2D eigenvalue weighted by molar-refractivity contribution is 5.72. The van der Waals surface area contributed by atoms with Crippen LogP contribution in [0.5, 0.6) is 5.75 Å². The molecule has 0 aliphatic heterocycles. The van der Waals surface area contributed by atoms with E-state index in [-0.39, 0.29) is 18.5 Å². The maximum Gasteiger partial charge on any atom is 0.309 e. The monoisotopic (exact) mass is 266 g/mol. The Kier molecular flexibility index (Phi) is 6.97. The topological polar surface area (TPSA) is 55.8 Å². The number of aliphatic hydroxyl groups excluding tert-OH is 1. The van der Waals surface area contributed by atoms with Crippen molar-refractivity contribution in [2.24, 2.45) is 5.92 Å². The minimum Gasteiger partial charge on any atom is -0.491 e. The molecule has 0 aliphatic rings. The Labute approximate surface area is 114 Å². The Balaban J connectivity index is 2.57. The van der Waals surface area contributed by atoms with Crippen LogP contribution < -0.4 is 4.74 Å². The lowest BCUT2D eigenvalue weighted by Crippen LogP contribution is -2.19. The third kappa shape index (κ3) is 5.30. The molecular formula is C15H22O4. The van der Waals surface area contributed by atoms with Gasteiger partial charge in [0.05, 0.1) is 19.1 Å². The fourth-order valence-electron chi connectivity index (χ4n) is 1.82. The first-order chi connectivity index (χ1) is 9.21. The lowest BCUT2D eigenvalue weighted by molar-refractivity contribution is -0.148. The van der Waals surface area contributed by atoms with Crippen LogP contribution in [0.3, 0.4) is 0 Å². The van der Waals surface area contributed by atoms with Gasteiger partial charge in [0.25, 0.3) is 0 Å². The lowest BCUT2D eigenvalue weighted by atomic mass is 9.97. The van der Waals surface area contributed by atoms with Crippen LogP contribution in [0.25, 0.3) is 0 Å². The Morgan fingerprint density at radius 3 is 2.47 bits per heavy atom. The first kappa shape index (κ1) is 15.5. The fraction of sp³-hybridized carbons (Fsp3) is 0.533. The first-order valence-electron chi connectivity index (χ1n) is 6.70. The second kappa shape index (κ2) is 8.53. The summed E-state index contributed by atoms with van der Waals surface area (Å²) in [6.07, 6.45) is 1.44. The highest BCUT2D eigenvalue weighted by Gasteiger charge is 2.17. The van der Waals surface area contributed by atoms with E-state index in [0.29, 0.717) is 19.6 Å². The molecule has 1 N–H and O–H groups in total. The summed E-state index contributed by atoms with van der Waals surface area (Å²) in [4.78, 5) is 11.7. The van der Waals surface area contributed by atoms with Gasteiger partial charge in [-0.05, 0) is 37.5 Å². The zero-order valence-corrected chi connectivity index (χ0v) is 11.6. The molecule has 1 aromatic rings. The quantitative estimate of drug-likeness (QED) is 0.733. The van der Waals surface area contributed by atoms with Gasteiger partial charge in [0, 0.05) is 0 Å². The Hall–Kier alpha value is -1.55. The molecule has 1 atom stereocenters. The molecule has 19 heavy (non-hydrogen) atoms. The van der Waals surface area contributed by atoms with Crippen molar-refractivity contribution in [1.82, 2.24) is 0 Å². The summed E-state index contributed by atoms with van der Waals surface area (Å²) in [6, 6.07) is 7.58. The summed E-state index contributed by atoms with van der Waals surface area (Å²) >= 11 is 0. The molecule has 0 aromatic heterocycles. The Morgan fingerprint density at radius 2 is 1.95 bits per heavy atom. The predicted octanol–water partition coefficient (Wildman–Crippen LogP) is 2.19. The number of carbonyl (C=O) groups excluding carboxylic acids is 1. The van der Waals surface area contributed by atoms with Crippen LogP contribution in [0.15, 0.2) is 24.3 Å². The van der Waals surface area contributed by atoms with E-state index in [4.69, 9.17) is 14.6 Å². The highest BCUT2D eigenvalue weighted by atomic mass is 16.5. The molecule has 1 rings (SSSR count). The van der Waals surface area contributed by atoms with Crippen LogP contribution in [0.2, 0.25) is 0 Å².